The Labute approximate surface area is 142 Å². The summed E-state index contributed by atoms with van der Waals surface area (Å²) in [6.45, 7) is 0. The van der Waals surface area contributed by atoms with Crippen LogP contribution in [-0.2, 0) is 0 Å². The summed E-state index contributed by atoms with van der Waals surface area (Å²) < 4.78 is 7.24. The molecular weight excluding hydrogens is 459 g/mol. The summed E-state index contributed by atoms with van der Waals surface area (Å²) in [5, 5.41) is 0.609. The number of halogens is 4. The van der Waals surface area contributed by atoms with Crippen LogP contribution >= 0.6 is 59.4 Å². The molecule has 0 radical (unpaired) electrons. The van der Waals surface area contributed by atoms with Crippen LogP contribution in [0.5, 0.6) is 5.75 Å². The first-order valence-corrected chi connectivity index (χ1v) is 8.33. The van der Waals surface area contributed by atoms with Crippen LogP contribution in [0.15, 0.2) is 45.3 Å². The molecule has 2 aromatic carbocycles. The van der Waals surface area contributed by atoms with Gasteiger partial charge in [-0.25, -0.2) is 0 Å². The molecule has 0 heterocycles. The molecule has 1 atom stereocenters. The van der Waals surface area contributed by atoms with Crippen molar-refractivity contribution in [1.29, 1.82) is 0 Å². The Morgan fingerprint density at radius 1 is 1.11 bits per heavy atom. The predicted molar refractivity (Wildman–Crippen MR) is 90.6 cm³/mol. The Morgan fingerprint density at radius 2 is 1.84 bits per heavy atom. The molecule has 2 aromatic rings. The Morgan fingerprint density at radius 3 is 2.42 bits per heavy atom. The lowest BCUT2D eigenvalue weighted by Gasteiger charge is -2.14. The van der Waals surface area contributed by atoms with Gasteiger partial charge in [0.25, 0.3) is 0 Å². The van der Waals surface area contributed by atoms with E-state index in [0.29, 0.717) is 10.8 Å². The summed E-state index contributed by atoms with van der Waals surface area (Å²) in [6.07, 6.45) is 0. The molecule has 0 saturated carbocycles. The highest BCUT2D eigenvalue weighted by atomic mass is 79.9. The highest BCUT2D eigenvalue weighted by molar-refractivity contribution is 9.11. The van der Waals surface area contributed by atoms with Crippen molar-refractivity contribution in [2.45, 2.75) is 4.83 Å². The van der Waals surface area contributed by atoms with E-state index in [1.807, 2.05) is 30.3 Å². The largest absolute Gasteiger partial charge is 0.495 e. The van der Waals surface area contributed by atoms with E-state index in [1.165, 1.54) is 0 Å². The first-order valence-electron chi connectivity index (χ1n) is 5.45. The van der Waals surface area contributed by atoms with Crippen LogP contribution in [0.25, 0.3) is 0 Å². The van der Waals surface area contributed by atoms with Crippen molar-refractivity contribution in [3.63, 3.8) is 0 Å². The highest BCUT2D eigenvalue weighted by Gasteiger charge is 2.15. The van der Waals surface area contributed by atoms with Crippen LogP contribution < -0.4 is 4.74 Å². The molecule has 0 fully saturated rings. The zero-order chi connectivity index (χ0) is 14.0. The van der Waals surface area contributed by atoms with Gasteiger partial charge < -0.3 is 4.74 Å². The topological polar surface area (TPSA) is 9.23 Å². The maximum absolute atomic E-state index is 6.16. The van der Waals surface area contributed by atoms with Crippen molar-refractivity contribution in [1.82, 2.24) is 0 Å². The molecule has 0 aliphatic heterocycles. The molecule has 0 aliphatic carbocycles. The molecule has 0 saturated heterocycles. The third-order valence-corrected chi connectivity index (χ3v) is 5.20. The van der Waals surface area contributed by atoms with E-state index in [4.69, 9.17) is 16.3 Å². The lowest BCUT2D eigenvalue weighted by atomic mass is 10.0. The summed E-state index contributed by atoms with van der Waals surface area (Å²) in [7, 11) is 1.61. The lowest BCUT2D eigenvalue weighted by Crippen LogP contribution is -1.95. The van der Waals surface area contributed by atoms with Crippen LogP contribution in [0, 0.1) is 0 Å². The normalized spacial score (nSPS) is 12.3. The van der Waals surface area contributed by atoms with Gasteiger partial charge in [-0.15, -0.1) is 0 Å². The van der Waals surface area contributed by atoms with Crippen LogP contribution in [0.4, 0.5) is 0 Å². The molecule has 0 N–H and O–H groups in total. The van der Waals surface area contributed by atoms with Crippen LogP contribution in [0.1, 0.15) is 16.0 Å². The van der Waals surface area contributed by atoms with E-state index in [0.717, 1.165) is 20.1 Å². The van der Waals surface area contributed by atoms with E-state index in [-0.39, 0.29) is 4.83 Å². The lowest BCUT2D eigenvalue weighted by molar-refractivity contribution is 0.415. The van der Waals surface area contributed by atoms with E-state index < -0.39 is 0 Å². The van der Waals surface area contributed by atoms with E-state index >= 15 is 0 Å². The summed E-state index contributed by atoms with van der Waals surface area (Å²) in [5.41, 5.74) is 2.22. The predicted octanol–water partition coefficient (Wildman–Crippen LogP) is 6.36. The molecule has 0 aromatic heterocycles. The number of hydrogen-bond acceptors (Lipinski definition) is 1. The fraction of sp³-hybridized carbons (Fsp3) is 0.143. The van der Waals surface area contributed by atoms with Gasteiger partial charge in [-0.3, -0.25) is 0 Å². The molecule has 100 valence electrons. The minimum absolute atomic E-state index is 0.0679. The number of rotatable bonds is 3. The first-order chi connectivity index (χ1) is 9.02. The molecule has 2 rings (SSSR count). The Bertz CT molecular complexity index is 601. The summed E-state index contributed by atoms with van der Waals surface area (Å²) in [5.74, 6) is 0.681. The van der Waals surface area contributed by atoms with Crippen molar-refractivity contribution in [2.24, 2.45) is 0 Å². The summed E-state index contributed by atoms with van der Waals surface area (Å²) in [6, 6.07) is 11.9. The molecule has 1 unspecified atom stereocenters. The molecular formula is C14H10Br3ClO. The van der Waals surface area contributed by atoms with Gasteiger partial charge in [0.05, 0.1) is 17.0 Å². The molecule has 0 aliphatic rings. The average molecular weight is 469 g/mol. The standard InChI is InChI=1S/C14H10Br3ClO/c1-19-13-5-2-8(6-12(13)18)14(17)10-4-3-9(15)7-11(10)16/h2-7,14H,1H3. The van der Waals surface area contributed by atoms with Gasteiger partial charge in [0, 0.05) is 8.95 Å². The van der Waals surface area contributed by atoms with Crippen molar-refractivity contribution >= 4 is 59.4 Å². The number of benzene rings is 2. The molecule has 1 nitrogen and oxygen atoms in total. The second-order valence-electron chi connectivity index (χ2n) is 3.92. The maximum atomic E-state index is 6.16. The monoisotopic (exact) mass is 466 g/mol. The fourth-order valence-corrected chi connectivity index (χ4v) is 4.26. The second kappa shape index (κ2) is 6.61. The highest BCUT2D eigenvalue weighted by Crippen LogP contribution is 2.38. The zero-order valence-electron chi connectivity index (χ0n) is 9.96. The van der Waals surface area contributed by atoms with Crippen LogP contribution in [0.3, 0.4) is 0 Å². The van der Waals surface area contributed by atoms with Gasteiger partial charge in [0.2, 0.25) is 0 Å². The smallest absolute Gasteiger partial charge is 0.137 e. The number of ether oxygens (including phenoxy) is 1. The van der Waals surface area contributed by atoms with Crippen molar-refractivity contribution in [3.8, 4) is 5.75 Å². The van der Waals surface area contributed by atoms with Gasteiger partial charge in [0.15, 0.2) is 0 Å². The molecule has 5 heteroatoms. The number of alkyl halides is 1. The molecule has 0 spiro atoms. The van der Waals surface area contributed by atoms with Crippen molar-refractivity contribution in [3.05, 3.63) is 61.5 Å². The molecule has 0 bridgehead atoms. The summed E-state index contributed by atoms with van der Waals surface area (Å²) in [4.78, 5) is 0.0679. The Balaban J connectivity index is 2.38. The third-order valence-electron chi connectivity index (χ3n) is 2.70. The SMILES string of the molecule is COc1ccc(C(Br)c2ccc(Br)cc2Br)cc1Cl. The van der Waals surface area contributed by atoms with Crippen LogP contribution in [-0.4, -0.2) is 7.11 Å². The van der Waals surface area contributed by atoms with Gasteiger partial charge in [-0.05, 0) is 35.4 Å². The minimum atomic E-state index is 0.0679. The average Bonchev–Trinajstić information content (AvgIpc) is 2.38. The van der Waals surface area contributed by atoms with Crippen LogP contribution in [0.2, 0.25) is 5.02 Å². The summed E-state index contributed by atoms with van der Waals surface area (Å²) >= 11 is 16.9. The van der Waals surface area contributed by atoms with Gasteiger partial charge in [-0.2, -0.15) is 0 Å². The number of hydrogen-bond donors (Lipinski definition) is 0. The third kappa shape index (κ3) is 3.54. The van der Waals surface area contributed by atoms with Crippen molar-refractivity contribution < 1.29 is 4.74 Å². The second-order valence-corrected chi connectivity index (χ2v) is 7.02. The first kappa shape index (κ1) is 15.4. The fourth-order valence-electron chi connectivity index (χ4n) is 1.73. The van der Waals surface area contributed by atoms with E-state index in [9.17, 15) is 0 Å². The van der Waals surface area contributed by atoms with Gasteiger partial charge in [0.1, 0.15) is 5.75 Å². The Hall–Kier alpha value is -0.0300. The Kier molecular flexibility index (Phi) is 5.35. The molecule has 19 heavy (non-hydrogen) atoms. The van der Waals surface area contributed by atoms with Gasteiger partial charge >= 0.3 is 0 Å². The minimum Gasteiger partial charge on any atom is -0.495 e. The zero-order valence-corrected chi connectivity index (χ0v) is 15.5. The maximum Gasteiger partial charge on any atom is 0.137 e. The number of methoxy groups -OCH3 is 1. The van der Waals surface area contributed by atoms with Gasteiger partial charge in [-0.1, -0.05) is 71.5 Å². The van der Waals surface area contributed by atoms with E-state index in [1.54, 1.807) is 7.11 Å². The quantitative estimate of drug-likeness (QED) is 0.476. The van der Waals surface area contributed by atoms with Crippen molar-refractivity contribution in [2.75, 3.05) is 7.11 Å². The van der Waals surface area contributed by atoms with E-state index in [2.05, 4.69) is 53.9 Å². The molecule has 0 amide bonds.